The first-order valence-corrected chi connectivity index (χ1v) is 8.20. The Morgan fingerprint density at radius 3 is 2.60 bits per heavy atom. The molecule has 0 bridgehead atoms. The van der Waals surface area contributed by atoms with Gasteiger partial charge in [-0.1, -0.05) is 12.1 Å². The standard InChI is InChI=1S/C14H24N2O3S/c1-11(2)19-8-7-16-20(17,18)14-9-13(10-15-4)6-5-12(14)3/h5-6,9,11,15-16H,7-8,10H2,1-4H3. The van der Waals surface area contributed by atoms with Crippen LogP contribution in [0.3, 0.4) is 0 Å². The number of benzene rings is 1. The van der Waals surface area contributed by atoms with Crippen molar-refractivity contribution in [2.75, 3.05) is 20.2 Å². The Bertz CT molecular complexity index is 527. The third-order valence-corrected chi connectivity index (χ3v) is 4.37. The van der Waals surface area contributed by atoms with Crippen LogP contribution in [0.15, 0.2) is 23.1 Å². The monoisotopic (exact) mass is 300 g/mol. The van der Waals surface area contributed by atoms with Crippen LogP contribution in [0.1, 0.15) is 25.0 Å². The number of hydrogen-bond acceptors (Lipinski definition) is 4. The van der Waals surface area contributed by atoms with Crippen LogP contribution in [0.25, 0.3) is 0 Å². The quantitative estimate of drug-likeness (QED) is 0.713. The number of rotatable bonds is 8. The molecule has 0 amide bonds. The summed E-state index contributed by atoms with van der Waals surface area (Å²) in [4.78, 5) is 0.329. The molecule has 0 aliphatic heterocycles. The SMILES string of the molecule is CNCc1ccc(C)c(S(=O)(=O)NCCOC(C)C)c1. The van der Waals surface area contributed by atoms with Gasteiger partial charge in [-0.15, -0.1) is 0 Å². The van der Waals surface area contributed by atoms with Crippen LogP contribution in [0.2, 0.25) is 0 Å². The summed E-state index contributed by atoms with van der Waals surface area (Å²) < 4.78 is 32.4. The number of ether oxygens (including phenoxy) is 1. The number of hydrogen-bond donors (Lipinski definition) is 2. The van der Waals surface area contributed by atoms with Gasteiger partial charge in [0.25, 0.3) is 0 Å². The highest BCUT2D eigenvalue weighted by Gasteiger charge is 2.16. The van der Waals surface area contributed by atoms with Crippen molar-refractivity contribution in [1.29, 1.82) is 0 Å². The van der Waals surface area contributed by atoms with Crippen molar-refractivity contribution in [3.05, 3.63) is 29.3 Å². The highest BCUT2D eigenvalue weighted by molar-refractivity contribution is 7.89. The zero-order valence-corrected chi connectivity index (χ0v) is 13.4. The maximum atomic E-state index is 12.3. The molecule has 1 rings (SSSR count). The van der Waals surface area contributed by atoms with Crippen molar-refractivity contribution in [3.63, 3.8) is 0 Å². The van der Waals surface area contributed by atoms with Crippen LogP contribution < -0.4 is 10.0 Å². The van der Waals surface area contributed by atoms with E-state index in [2.05, 4.69) is 10.0 Å². The van der Waals surface area contributed by atoms with Crippen molar-refractivity contribution in [2.24, 2.45) is 0 Å². The van der Waals surface area contributed by atoms with E-state index in [1.165, 1.54) is 0 Å². The first-order valence-electron chi connectivity index (χ1n) is 6.72. The second-order valence-electron chi connectivity index (χ2n) is 4.95. The van der Waals surface area contributed by atoms with Crippen LogP contribution in [-0.2, 0) is 21.3 Å². The van der Waals surface area contributed by atoms with Crippen LogP contribution in [-0.4, -0.2) is 34.7 Å². The second kappa shape index (κ2) is 7.73. The van der Waals surface area contributed by atoms with E-state index in [1.54, 1.807) is 13.0 Å². The molecule has 0 aromatic heterocycles. The van der Waals surface area contributed by atoms with E-state index in [1.807, 2.05) is 33.0 Å². The number of nitrogens with one attached hydrogen (secondary N) is 2. The summed E-state index contributed by atoms with van der Waals surface area (Å²) in [5.41, 5.74) is 1.68. The molecule has 0 saturated carbocycles. The zero-order valence-electron chi connectivity index (χ0n) is 12.6. The van der Waals surface area contributed by atoms with Gasteiger partial charge >= 0.3 is 0 Å². The molecular weight excluding hydrogens is 276 g/mol. The van der Waals surface area contributed by atoms with Gasteiger partial charge in [-0.05, 0) is 45.0 Å². The summed E-state index contributed by atoms with van der Waals surface area (Å²) in [7, 11) is -1.66. The van der Waals surface area contributed by atoms with E-state index in [4.69, 9.17) is 4.74 Å². The van der Waals surface area contributed by atoms with Gasteiger partial charge in [-0.25, -0.2) is 13.1 Å². The molecule has 0 radical (unpaired) electrons. The molecule has 0 unspecified atom stereocenters. The fourth-order valence-corrected chi connectivity index (χ4v) is 3.10. The minimum Gasteiger partial charge on any atom is -0.377 e. The summed E-state index contributed by atoms with van der Waals surface area (Å²) >= 11 is 0. The predicted molar refractivity (Wildman–Crippen MR) is 80.2 cm³/mol. The molecule has 20 heavy (non-hydrogen) atoms. The molecule has 0 spiro atoms. The van der Waals surface area contributed by atoms with Gasteiger partial charge in [0.1, 0.15) is 0 Å². The lowest BCUT2D eigenvalue weighted by Crippen LogP contribution is -2.29. The molecule has 5 nitrogen and oxygen atoms in total. The fraction of sp³-hybridized carbons (Fsp3) is 0.571. The van der Waals surface area contributed by atoms with Gasteiger partial charge in [-0.3, -0.25) is 0 Å². The smallest absolute Gasteiger partial charge is 0.240 e. The largest absolute Gasteiger partial charge is 0.377 e. The molecule has 0 fully saturated rings. The van der Waals surface area contributed by atoms with Crippen LogP contribution in [0.4, 0.5) is 0 Å². The van der Waals surface area contributed by atoms with E-state index in [0.717, 1.165) is 11.1 Å². The van der Waals surface area contributed by atoms with E-state index < -0.39 is 10.0 Å². The summed E-state index contributed by atoms with van der Waals surface area (Å²) in [5, 5.41) is 3.01. The molecule has 6 heteroatoms. The highest BCUT2D eigenvalue weighted by atomic mass is 32.2. The van der Waals surface area contributed by atoms with Crippen molar-refractivity contribution in [3.8, 4) is 0 Å². The Morgan fingerprint density at radius 2 is 2.00 bits per heavy atom. The molecule has 0 heterocycles. The van der Waals surface area contributed by atoms with E-state index in [0.29, 0.717) is 18.0 Å². The van der Waals surface area contributed by atoms with Gasteiger partial charge < -0.3 is 10.1 Å². The van der Waals surface area contributed by atoms with E-state index in [9.17, 15) is 8.42 Å². The Balaban J connectivity index is 2.78. The summed E-state index contributed by atoms with van der Waals surface area (Å²) in [6, 6.07) is 5.45. The Hall–Kier alpha value is -0.950. The maximum Gasteiger partial charge on any atom is 0.240 e. The van der Waals surface area contributed by atoms with Gasteiger partial charge in [-0.2, -0.15) is 0 Å². The average molecular weight is 300 g/mol. The minimum atomic E-state index is -3.49. The molecule has 0 aliphatic rings. The van der Waals surface area contributed by atoms with Gasteiger partial charge in [0.2, 0.25) is 10.0 Å². The van der Waals surface area contributed by atoms with Crippen LogP contribution >= 0.6 is 0 Å². The molecule has 0 saturated heterocycles. The van der Waals surface area contributed by atoms with Crippen molar-refractivity contribution in [1.82, 2.24) is 10.0 Å². The van der Waals surface area contributed by atoms with E-state index in [-0.39, 0.29) is 12.6 Å². The third-order valence-electron chi connectivity index (χ3n) is 2.77. The lowest BCUT2D eigenvalue weighted by atomic mass is 10.1. The lowest BCUT2D eigenvalue weighted by molar-refractivity contribution is 0.0834. The summed E-state index contributed by atoms with van der Waals surface area (Å²) in [5.74, 6) is 0. The molecule has 2 N–H and O–H groups in total. The van der Waals surface area contributed by atoms with Crippen molar-refractivity contribution >= 4 is 10.0 Å². The van der Waals surface area contributed by atoms with E-state index >= 15 is 0 Å². The predicted octanol–water partition coefficient (Wildman–Crippen LogP) is 1.42. The minimum absolute atomic E-state index is 0.0974. The molecular formula is C14H24N2O3S. The lowest BCUT2D eigenvalue weighted by Gasteiger charge is -2.12. The summed E-state index contributed by atoms with van der Waals surface area (Å²) in [6.45, 7) is 6.91. The number of sulfonamides is 1. The topological polar surface area (TPSA) is 67.4 Å². The third kappa shape index (κ3) is 5.20. The molecule has 0 aliphatic carbocycles. The van der Waals surface area contributed by atoms with Gasteiger partial charge in [0.05, 0.1) is 17.6 Å². The molecule has 1 aromatic rings. The Morgan fingerprint density at radius 1 is 1.30 bits per heavy atom. The fourth-order valence-electron chi connectivity index (χ4n) is 1.80. The zero-order chi connectivity index (χ0) is 15.2. The van der Waals surface area contributed by atoms with Crippen LogP contribution in [0, 0.1) is 6.92 Å². The Labute approximate surface area is 121 Å². The first-order chi connectivity index (χ1) is 9.36. The van der Waals surface area contributed by atoms with Crippen molar-refractivity contribution in [2.45, 2.75) is 38.3 Å². The maximum absolute atomic E-state index is 12.3. The van der Waals surface area contributed by atoms with Crippen molar-refractivity contribution < 1.29 is 13.2 Å². The highest BCUT2D eigenvalue weighted by Crippen LogP contribution is 2.16. The normalized spacial score (nSPS) is 12.1. The molecule has 1 aromatic carbocycles. The second-order valence-corrected chi connectivity index (χ2v) is 6.68. The molecule has 0 atom stereocenters. The van der Waals surface area contributed by atoms with Gasteiger partial charge in [0, 0.05) is 13.1 Å². The molecule has 114 valence electrons. The number of aryl methyl sites for hydroxylation is 1. The summed E-state index contributed by atoms with van der Waals surface area (Å²) in [6.07, 6.45) is 0.0974. The average Bonchev–Trinajstić information content (AvgIpc) is 2.37. The van der Waals surface area contributed by atoms with Crippen LogP contribution in [0.5, 0.6) is 0 Å². The Kier molecular flexibility index (Phi) is 6.61. The van der Waals surface area contributed by atoms with Gasteiger partial charge in [0.15, 0.2) is 0 Å². The first kappa shape index (κ1) is 17.1.